The lowest BCUT2D eigenvalue weighted by Gasteiger charge is -2.10. The fourth-order valence-corrected chi connectivity index (χ4v) is 1.75. The van der Waals surface area contributed by atoms with E-state index < -0.39 is 0 Å². The lowest BCUT2D eigenvalue weighted by molar-refractivity contribution is 0.598. The normalized spacial score (nSPS) is 21.4. The van der Waals surface area contributed by atoms with Gasteiger partial charge in [-0.2, -0.15) is 0 Å². The molecule has 1 aliphatic rings. The first-order valence-corrected chi connectivity index (χ1v) is 4.99. The number of nitrogens with zero attached hydrogens (tertiary/aromatic N) is 1. The Hall–Kier alpha value is -1.16. The van der Waals surface area contributed by atoms with E-state index in [4.69, 9.17) is 0 Å². The minimum absolute atomic E-state index is 0.0128. The van der Waals surface area contributed by atoms with Crippen LogP contribution in [0.15, 0.2) is 4.79 Å². The van der Waals surface area contributed by atoms with Crippen LogP contribution >= 0.6 is 0 Å². The third kappa shape index (κ3) is 1.57. The molecule has 1 fully saturated rings. The number of H-pyrrole nitrogens is 1. The number of aromatic nitrogens is 2. The molecule has 4 heteroatoms. The first-order chi connectivity index (χ1) is 6.68. The average molecular weight is 193 g/mol. The van der Waals surface area contributed by atoms with Crippen LogP contribution in [0.4, 0.5) is 0 Å². The van der Waals surface area contributed by atoms with E-state index in [0.29, 0.717) is 5.56 Å². The van der Waals surface area contributed by atoms with Crippen molar-refractivity contribution >= 4 is 0 Å². The Kier molecular flexibility index (Phi) is 2.37. The molecule has 14 heavy (non-hydrogen) atoms. The first-order valence-electron chi connectivity index (χ1n) is 4.99. The predicted octanol–water partition coefficient (Wildman–Crippen LogP) is 0.811. The molecule has 2 heterocycles. The molecule has 0 aromatic carbocycles. The summed E-state index contributed by atoms with van der Waals surface area (Å²) in [4.78, 5) is 18.7. The Bertz CT molecular complexity index is 391. The molecule has 1 aliphatic heterocycles. The lowest BCUT2D eigenvalue weighted by atomic mass is 10.2. The second kappa shape index (κ2) is 3.53. The number of nitrogens with one attached hydrogen (secondary N) is 2. The summed E-state index contributed by atoms with van der Waals surface area (Å²) >= 11 is 0. The highest BCUT2D eigenvalue weighted by atomic mass is 16.1. The molecular formula is C10H15N3O. The van der Waals surface area contributed by atoms with Gasteiger partial charge in [0.25, 0.3) is 5.56 Å². The van der Waals surface area contributed by atoms with Gasteiger partial charge in [-0.05, 0) is 33.2 Å². The summed E-state index contributed by atoms with van der Waals surface area (Å²) in [5.41, 5.74) is 1.53. The van der Waals surface area contributed by atoms with Crippen LogP contribution in [0.1, 0.15) is 36.0 Å². The third-order valence-electron chi connectivity index (χ3n) is 2.80. The van der Waals surface area contributed by atoms with Gasteiger partial charge >= 0.3 is 0 Å². The van der Waals surface area contributed by atoms with Gasteiger partial charge in [-0.25, -0.2) is 4.98 Å². The number of aryl methyl sites for hydroxylation is 1. The maximum absolute atomic E-state index is 11.5. The zero-order valence-corrected chi connectivity index (χ0v) is 8.55. The Morgan fingerprint density at radius 2 is 2.21 bits per heavy atom. The summed E-state index contributed by atoms with van der Waals surface area (Å²) in [7, 11) is 0. The van der Waals surface area contributed by atoms with E-state index in [1.54, 1.807) is 6.92 Å². The van der Waals surface area contributed by atoms with E-state index in [0.717, 1.165) is 30.9 Å². The van der Waals surface area contributed by atoms with Gasteiger partial charge < -0.3 is 10.3 Å². The van der Waals surface area contributed by atoms with E-state index in [-0.39, 0.29) is 11.6 Å². The molecule has 1 unspecified atom stereocenters. The van der Waals surface area contributed by atoms with E-state index >= 15 is 0 Å². The van der Waals surface area contributed by atoms with E-state index in [1.165, 1.54) is 0 Å². The molecule has 1 aromatic heterocycles. The van der Waals surface area contributed by atoms with E-state index in [1.807, 2.05) is 6.92 Å². The highest BCUT2D eigenvalue weighted by Gasteiger charge is 2.19. The highest BCUT2D eigenvalue weighted by molar-refractivity contribution is 5.15. The summed E-state index contributed by atoms with van der Waals surface area (Å²) in [6.07, 6.45) is 2.22. The molecule has 0 bridgehead atoms. The smallest absolute Gasteiger partial charge is 0.254 e. The molecular weight excluding hydrogens is 178 g/mol. The van der Waals surface area contributed by atoms with Crippen LogP contribution in [0, 0.1) is 13.8 Å². The molecule has 0 aliphatic carbocycles. The number of hydrogen-bond acceptors (Lipinski definition) is 3. The maximum Gasteiger partial charge on any atom is 0.254 e. The van der Waals surface area contributed by atoms with Gasteiger partial charge in [0, 0.05) is 11.3 Å². The van der Waals surface area contributed by atoms with Gasteiger partial charge in [0.05, 0.1) is 6.04 Å². The third-order valence-corrected chi connectivity index (χ3v) is 2.80. The van der Waals surface area contributed by atoms with Crippen LogP contribution in [0.3, 0.4) is 0 Å². The molecule has 1 aromatic rings. The maximum atomic E-state index is 11.5. The Morgan fingerprint density at radius 3 is 2.79 bits per heavy atom. The van der Waals surface area contributed by atoms with Crippen molar-refractivity contribution in [3.8, 4) is 0 Å². The second-order valence-electron chi connectivity index (χ2n) is 3.81. The summed E-state index contributed by atoms with van der Waals surface area (Å²) in [5.74, 6) is 0.788. The fraction of sp³-hybridized carbons (Fsp3) is 0.600. The van der Waals surface area contributed by atoms with Gasteiger partial charge in [-0.3, -0.25) is 4.79 Å². The molecule has 2 rings (SSSR count). The Labute approximate surface area is 82.8 Å². The second-order valence-corrected chi connectivity index (χ2v) is 3.81. The van der Waals surface area contributed by atoms with Crippen molar-refractivity contribution in [2.24, 2.45) is 0 Å². The number of aromatic amines is 1. The quantitative estimate of drug-likeness (QED) is 0.694. The molecule has 0 radical (unpaired) electrons. The molecule has 4 nitrogen and oxygen atoms in total. The van der Waals surface area contributed by atoms with Gasteiger partial charge in [-0.15, -0.1) is 0 Å². The van der Waals surface area contributed by atoms with Crippen LogP contribution < -0.4 is 10.9 Å². The van der Waals surface area contributed by atoms with Crippen molar-refractivity contribution in [3.05, 3.63) is 27.4 Å². The van der Waals surface area contributed by atoms with Gasteiger partial charge in [0.15, 0.2) is 0 Å². The summed E-state index contributed by atoms with van der Waals surface area (Å²) in [6.45, 7) is 4.69. The molecule has 1 saturated heterocycles. The zero-order valence-electron chi connectivity index (χ0n) is 8.55. The van der Waals surface area contributed by atoms with Gasteiger partial charge in [0.1, 0.15) is 5.82 Å². The zero-order chi connectivity index (χ0) is 10.1. The molecule has 0 spiro atoms. The lowest BCUT2D eigenvalue weighted by Crippen LogP contribution is -2.22. The molecule has 1 atom stereocenters. The van der Waals surface area contributed by atoms with Crippen molar-refractivity contribution in [2.75, 3.05) is 6.54 Å². The van der Waals surface area contributed by atoms with Gasteiger partial charge in [-0.1, -0.05) is 0 Å². The van der Waals surface area contributed by atoms with Crippen molar-refractivity contribution in [3.63, 3.8) is 0 Å². The summed E-state index contributed by atoms with van der Waals surface area (Å²) in [6, 6.07) is 0.238. The van der Waals surface area contributed by atoms with Crippen molar-refractivity contribution in [1.29, 1.82) is 0 Å². The molecule has 0 saturated carbocycles. The van der Waals surface area contributed by atoms with Crippen LogP contribution in [0.2, 0.25) is 0 Å². The van der Waals surface area contributed by atoms with Crippen LogP contribution in [0.25, 0.3) is 0 Å². The van der Waals surface area contributed by atoms with Crippen molar-refractivity contribution in [2.45, 2.75) is 32.7 Å². The standard InChI is InChI=1S/C10H15N3O/c1-6-7(2)12-9(13-10(6)14)8-4-3-5-11-8/h8,11H,3-5H2,1-2H3,(H,12,13,14). The van der Waals surface area contributed by atoms with E-state index in [9.17, 15) is 4.79 Å². The van der Waals surface area contributed by atoms with Crippen molar-refractivity contribution < 1.29 is 0 Å². The summed E-state index contributed by atoms with van der Waals surface area (Å²) in [5, 5.41) is 3.31. The van der Waals surface area contributed by atoms with Crippen LogP contribution in [0.5, 0.6) is 0 Å². The SMILES string of the molecule is Cc1nc(C2CCCN2)[nH]c(=O)c1C. The Balaban J connectivity index is 2.39. The molecule has 76 valence electrons. The van der Waals surface area contributed by atoms with E-state index in [2.05, 4.69) is 15.3 Å². The molecule has 2 N–H and O–H groups in total. The monoisotopic (exact) mass is 193 g/mol. The molecule has 0 amide bonds. The largest absolute Gasteiger partial charge is 0.309 e. The topological polar surface area (TPSA) is 57.8 Å². The Morgan fingerprint density at radius 1 is 1.43 bits per heavy atom. The van der Waals surface area contributed by atoms with Crippen molar-refractivity contribution in [1.82, 2.24) is 15.3 Å². The minimum atomic E-state index is -0.0128. The van der Waals surface area contributed by atoms with Crippen LogP contribution in [-0.2, 0) is 0 Å². The predicted molar refractivity (Wildman–Crippen MR) is 54.3 cm³/mol. The summed E-state index contributed by atoms with van der Waals surface area (Å²) < 4.78 is 0. The number of rotatable bonds is 1. The first kappa shape index (κ1) is 9.40. The fourth-order valence-electron chi connectivity index (χ4n) is 1.75. The minimum Gasteiger partial charge on any atom is -0.309 e. The average Bonchev–Trinajstić information content (AvgIpc) is 2.66. The van der Waals surface area contributed by atoms with Gasteiger partial charge in [0.2, 0.25) is 0 Å². The van der Waals surface area contributed by atoms with Crippen LogP contribution in [-0.4, -0.2) is 16.5 Å². The highest BCUT2D eigenvalue weighted by Crippen LogP contribution is 2.18. The number of hydrogen-bond donors (Lipinski definition) is 2.